The summed E-state index contributed by atoms with van der Waals surface area (Å²) in [5, 5.41) is 10.7. The average Bonchev–Trinajstić information content (AvgIpc) is 1.69. The highest BCUT2D eigenvalue weighted by atomic mass is 16.5. The number of hydrogen-bond acceptors (Lipinski definition) is 2. The zero-order valence-corrected chi connectivity index (χ0v) is 4.14. The van der Waals surface area contributed by atoms with E-state index in [1.54, 1.807) is 0 Å². The number of hydroxylamine groups is 2. The molecule has 0 amide bonds. The highest BCUT2D eigenvalue weighted by Crippen LogP contribution is 1.72. The van der Waals surface area contributed by atoms with E-state index < -0.39 is 0 Å². The summed E-state index contributed by atoms with van der Waals surface area (Å²) >= 11 is 0. The Balaban J connectivity index is 2.12. The fourth-order valence-electron chi connectivity index (χ4n) is 0.599. The van der Waals surface area contributed by atoms with Gasteiger partial charge in [0.15, 0.2) is 0 Å². The van der Waals surface area contributed by atoms with Gasteiger partial charge in [0, 0.05) is 0 Å². The Labute approximate surface area is 42.4 Å². The van der Waals surface area contributed by atoms with E-state index in [-0.39, 0.29) is 0 Å². The molecule has 0 aromatic heterocycles. The van der Waals surface area contributed by atoms with Gasteiger partial charge in [0.2, 0.25) is 0 Å². The van der Waals surface area contributed by atoms with Gasteiger partial charge in [-0.3, -0.25) is 0 Å². The van der Waals surface area contributed by atoms with Gasteiger partial charge in [0.1, 0.15) is 13.1 Å². The molecule has 1 aliphatic rings. The molecule has 0 bridgehead atoms. The first kappa shape index (κ1) is 5.03. The minimum Gasteiger partial charge on any atom is -0.634 e. The lowest BCUT2D eigenvalue weighted by atomic mass is 10.5. The highest BCUT2D eigenvalue weighted by molar-refractivity contribution is 4.36. The number of rotatable bonds is 0. The van der Waals surface area contributed by atoms with Gasteiger partial charge < -0.3 is 15.0 Å². The van der Waals surface area contributed by atoms with Crippen molar-refractivity contribution in [1.29, 1.82) is 0 Å². The Morgan fingerprint density at radius 2 is 1.86 bits per heavy atom. The zero-order valence-electron chi connectivity index (χ0n) is 4.14. The first-order valence-electron chi connectivity index (χ1n) is 2.49. The first-order valence-corrected chi connectivity index (χ1v) is 2.49. The standard InChI is InChI=1S/C4H9NO2/c6-5-1-3-7-4-2-5/h5H,1-4H2. The second-order valence-corrected chi connectivity index (χ2v) is 1.65. The summed E-state index contributed by atoms with van der Waals surface area (Å²) < 4.78 is 4.92. The summed E-state index contributed by atoms with van der Waals surface area (Å²) in [5.74, 6) is 0. The number of nitrogens with one attached hydrogen (secondary N) is 1. The monoisotopic (exact) mass is 103 g/mol. The third-order valence-electron chi connectivity index (χ3n) is 1.05. The topological polar surface area (TPSA) is 36.7 Å². The Bertz CT molecular complexity index is 51.7. The van der Waals surface area contributed by atoms with Gasteiger partial charge in [-0.05, 0) is 0 Å². The molecule has 1 saturated heterocycles. The van der Waals surface area contributed by atoms with Crippen molar-refractivity contribution in [3.8, 4) is 0 Å². The summed E-state index contributed by atoms with van der Waals surface area (Å²) in [4.78, 5) is 0. The normalized spacial score (nSPS) is 25.3. The average molecular weight is 103 g/mol. The molecule has 0 atom stereocenters. The maximum atomic E-state index is 10.4. The Morgan fingerprint density at radius 1 is 1.29 bits per heavy atom. The molecular formula is C4H9NO2. The van der Waals surface area contributed by atoms with E-state index in [0.717, 1.165) is 0 Å². The molecule has 42 valence electrons. The molecule has 0 aliphatic carbocycles. The lowest BCUT2D eigenvalue weighted by molar-refractivity contribution is -0.857. The van der Waals surface area contributed by atoms with Gasteiger partial charge in [-0.1, -0.05) is 0 Å². The molecule has 1 rings (SSSR count). The van der Waals surface area contributed by atoms with Crippen molar-refractivity contribution in [3.05, 3.63) is 5.21 Å². The van der Waals surface area contributed by atoms with Crippen LogP contribution in [0.3, 0.4) is 0 Å². The molecular weight excluding hydrogens is 94.0 g/mol. The highest BCUT2D eigenvalue weighted by Gasteiger charge is 2.02. The van der Waals surface area contributed by atoms with Gasteiger partial charge >= 0.3 is 0 Å². The molecule has 7 heavy (non-hydrogen) atoms. The van der Waals surface area contributed by atoms with Gasteiger partial charge in [-0.25, -0.2) is 0 Å². The predicted molar refractivity (Wildman–Crippen MR) is 24.9 cm³/mol. The van der Waals surface area contributed by atoms with Crippen LogP contribution in [0.1, 0.15) is 0 Å². The van der Waals surface area contributed by atoms with Crippen molar-refractivity contribution < 1.29 is 9.80 Å². The van der Waals surface area contributed by atoms with E-state index in [9.17, 15) is 5.21 Å². The van der Waals surface area contributed by atoms with Gasteiger partial charge in [-0.2, -0.15) is 0 Å². The molecule has 1 aliphatic heterocycles. The van der Waals surface area contributed by atoms with E-state index in [1.165, 1.54) is 0 Å². The summed E-state index contributed by atoms with van der Waals surface area (Å²) in [6, 6.07) is 0. The summed E-state index contributed by atoms with van der Waals surface area (Å²) in [5.41, 5.74) is 0. The fraction of sp³-hybridized carbons (Fsp3) is 1.00. The number of ether oxygens (including phenoxy) is 1. The van der Waals surface area contributed by atoms with Crippen molar-refractivity contribution >= 4 is 0 Å². The quantitative estimate of drug-likeness (QED) is 0.375. The van der Waals surface area contributed by atoms with Crippen molar-refractivity contribution in [2.75, 3.05) is 26.3 Å². The number of morpholine rings is 1. The third kappa shape index (κ3) is 1.43. The molecule has 0 saturated carbocycles. The molecule has 0 aromatic rings. The molecule has 0 radical (unpaired) electrons. The fourth-order valence-corrected chi connectivity index (χ4v) is 0.599. The van der Waals surface area contributed by atoms with Crippen LogP contribution in [-0.4, -0.2) is 26.3 Å². The van der Waals surface area contributed by atoms with Crippen LogP contribution in [0.25, 0.3) is 0 Å². The Morgan fingerprint density at radius 3 is 2.14 bits per heavy atom. The summed E-state index contributed by atoms with van der Waals surface area (Å²) in [6.45, 7) is 2.53. The van der Waals surface area contributed by atoms with E-state index in [0.29, 0.717) is 31.4 Å². The number of quaternary nitrogens is 1. The van der Waals surface area contributed by atoms with E-state index >= 15 is 0 Å². The van der Waals surface area contributed by atoms with Crippen LogP contribution in [0.2, 0.25) is 0 Å². The van der Waals surface area contributed by atoms with Crippen LogP contribution in [-0.2, 0) is 4.74 Å². The van der Waals surface area contributed by atoms with Gasteiger partial charge in [-0.15, -0.1) is 0 Å². The summed E-state index contributed by atoms with van der Waals surface area (Å²) in [7, 11) is 0. The Kier molecular flexibility index (Phi) is 1.62. The van der Waals surface area contributed by atoms with E-state index in [4.69, 9.17) is 4.74 Å². The molecule has 0 unspecified atom stereocenters. The van der Waals surface area contributed by atoms with Crippen LogP contribution in [0, 0.1) is 5.21 Å². The van der Waals surface area contributed by atoms with E-state index in [2.05, 4.69) is 0 Å². The third-order valence-corrected chi connectivity index (χ3v) is 1.05. The summed E-state index contributed by atoms with van der Waals surface area (Å²) in [6.07, 6.45) is 0. The maximum Gasteiger partial charge on any atom is 0.101 e. The molecule has 0 spiro atoms. The minimum absolute atomic E-state index is 0.339. The number of hydrogen-bond donors (Lipinski definition) is 1. The van der Waals surface area contributed by atoms with Crippen molar-refractivity contribution in [1.82, 2.24) is 0 Å². The largest absolute Gasteiger partial charge is 0.634 e. The van der Waals surface area contributed by atoms with Crippen molar-refractivity contribution in [2.24, 2.45) is 0 Å². The smallest absolute Gasteiger partial charge is 0.101 e. The van der Waals surface area contributed by atoms with Crippen molar-refractivity contribution in [3.63, 3.8) is 0 Å². The van der Waals surface area contributed by atoms with Gasteiger partial charge in [0.05, 0.1) is 13.2 Å². The predicted octanol–water partition coefficient (Wildman–Crippen LogP) is -1.60. The molecule has 3 heteroatoms. The van der Waals surface area contributed by atoms with Crippen LogP contribution in [0.5, 0.6) is 0 Å². The molecule has 0 aromatic carbocycles. The van der Waals surface area contributed by atoms with Crippen molar-refractivity contribution in [2.45, 2.75) is 0 Å². The van der Waals surface area contributed by atoms with Crippen LogP contribution >= 0.6 is 0 Å². The lowest BCUT2D eigenvalue weighted by Gasteiger charge is -2.25. The zero-order chi connectivity index (χ0) is 5.11. The van der Waals surface area contributed by atoms with Crippen LogP contribution in [0.4, 0.5) is 0 Å². The van der Waals surface area contributed by atoms with Crippen LogP contribution < -0.4 is 5.06 Å². The maximum absolute atomic E-state index is 10.4. The molecule has 3 nitrogen and oxygen atoms in total. The molecule has 1 fully saturated rings. The second kappa shape index (κ2) is 2.26. The first-order chi connectivity index (χ1) is 3.39. The molecule has 1 N–H and O–H groups in total. The molecule has 1 heterocycles. The Hall–Kier alpha value is -0.120. The lowest BCUT2D eigenvalue weighted by Crippen LogP contribution is -3.09. The van der Waals surface area contributed by atoms with Gasteiger partial charge in [0.25, 0.3) is 0 Å². The minimum atomic E-state index is 0.339. The van der Waals surface area contributed by atoms with E-state index in [1.807, 2.05) is 0 Å². The SMILES string of the molecule is [O-][NH+]1CCOCC1. The second-order valence-electron chi connectivity index (χ2n) is 1.65. The van der Waals surface area contributed by atoms with Crippen LogP contribution in [0.15, 0.2) is 0 Å².